The lowest BCUT2D eigenvalue weighted by Gasteiger charge is -2.09. The van der Waals surface area contributed by atoms with E-state index >= 15 is 0 Å². The average molecular weight is 274 g/mol. The number of hydrogen-bond donors (Lipinski definition) is 2. The second-order valence-electron chi connectivity index (χ2n) is 4.17. The Balaban J connectivity index is 2.26. The Labute approximate surface area is 116 Å². The standard InChI is InChI=1S/C14H15FN4O/c1-3-16-13-11(15)10(6-8-18-13)14(20)19-12-9(2)5-4-7-17-12/h4-8H,3H2,1-2H3,(H,16,18)(H,17,19,20). The zero-order valence-electron chi connectivity index (χ0n) is 11.3. The van der Waals surface area contributed by atoms with Gasteiger partial charge in [0.2, 0.25) is 0 Å². The number of nitrogens with zero attached hydrogens (tertiary/aromatic N) is 2. The molecule has 20 heavy (non-hydrogen) atoms. The number of hydrogen-bond acceptors (Lipinski definition) is 4. The first-order valence-corrected chi connectivity index (χ1v) is 6.24. The number of aromatic nitrogens is 2. The lowest BCUT2D eigenvalue weighted by Crippen LogP contribution is -2.17. The van der Waals surface area contributed by atoms with Gasteiger partial charge in [-0.25, -0.2) is 14.4 Å². The molecule has 5 nitrogen and oxygen atoms in total. The van der Waals surface area contributed by atoms with Gasteiger partial charge in [-0.15, -0.1) is 0 Å². The monoisotopic (exact) mass is 274 g/mol. The molecular formula is C14H15FN4O. The molecule has 104 valence electrons. The number of carbonyl (C=O) groups is 1. The SMILES string of the molecule is CCNc1nccc(C(=O)Nc2ncccc2C)c1F. The molecule has 2 aromatic rings. The van der Waals surface area contributed by atoms with Crippen molar-refractivity contribution < 1.29 is 9.18 Å². The van der Waals surface area contributed by atoms with Gasteiger partial charge in [-0.2, -0.15) is 0 Å². The van der Waals surface area contributed by atoms with Crippen LogP contribution in [0.5, 0.6) is 0 Å². The van der Waals surface area contributed by atoms with Crippen molar-refractivity contribution in [1.29, 1.82) is 0 Å². The molecular weight excluding hydrogens is 259 g/mol. The van der Waals surface area contributed by atoms with E-state index in [-0.39, 0.29) is 11.4 Å². The van der Waals surface area contributed by atoms with E-state index < -0.39 is 11.7 Å². The van der Waals surface area contributed by atoms with Gasteiger partial charge in [-0.3, -0.25) is 4.79 Å². The molecule has 0 spiro atoms. The Morgan fingerprint density at radius 3 is 2.70 bits per heavy atom. The van der Waals surface area contributed by atoms with Crippen molar-refractivity contribution in [3.63, 3.8) is 0 Å². The molecule has 2 N–H and O–H groups in total. The van der Waals surface area contributed by atoms with E-state index in [9.17, 15) is 9.18 Å². The average Bonchev–Trinajstić information content (AvgIpc) is 2.44. The fourth-order valence-corrected chi connectivity index (χ4v) is 1.70. The van der Waals surface area contributed by atoms with Crippen molar-refractivity contribution >= 4 is 17.5 Å². The van der Waals surface area contributed by atoms with Crippen molar-refractivity contribution in [2.75, 3.05) is 17.2 Å². The lowest BCUT2D eigenvalue weighted by atomic mass is 10.2. The number of rotatable bonds is 4. The number of anilines is 2. The van der Waals surface area contributed by atoms with Gasteiger partial charge in [0.25, 0.3) is 5.91 Å². The Morgan fingerprint density at radius 2 is 2.00 bits per heavy atom. The molecule has 0 bridgehead atoms. The van der Waals surface area contributed by atoms with Crippen LogP contribution in [0.4, 0.5) is 16.0 Å². The van der Waals surface area contributed by atoms with Gasteiger partial charge in [0.05, 0.1) is 5.56 Å². The highest BCUT2D eigenvalue weighted by Gasteiger charge is 2.16. The minimum atomic E-state index is -0.666. The van der Waals surface area contributed by atoms with E-state index in [0.717, 1.165) is 5.56 Å². The molecule has 0 fully saturated rings. The van der Waals surface area contributed by atoms with Gasteiger partial charge in [0, 0.05) is 18.9 Å². The summed E-state index contributed by atoms with van der Waals surface area (Å²) in [6.07, 6.45) is 2.96. The molecule has 2 heterocycles. The van der Waals surface area contributed by atoms with Gasteiger partial charge in [0.15, 0.2) is 11.6 Å². The summed E-state index contributed by atoms with van der Waals surface area (Å²) in [4.78, 5) is 20.0. The summed E-state index contributed by atoms with van der Waals surface area (Å²) < 4.78 is 14.1. The number of halogens is 1. The first-order valence-electron chi connectivity index (χ1n) is 6.24. The first-order chi connectivity index (χ1) is 9.63. The highest BCUT2D eigenvalue weighted by atomic mass is 19.1. The second-order valence-corrected chi connectivity index (χ2v) is 4.17. The zero-order valence-corrected chi connectivity index (χ0v) is 11.3. The predicted octanol–water partition coefficient (Wildman–Crippen LogP) is 2.61. The largest absolute Gasteiger partial charge is 0.368 e. The van der Waals surface area contributed by atoms with Crippen molar-refractivity contribution in [2.45, 2.75) is 13.8 Å². The van der Waals surface area contributed by atoms with E-state index in [0.29, 0.717) is 12.4 Å². The maximum absolute atomic E-state index is 14.1. The third-order valence-electron chi connectivity index (χ3n) is 2.72. The topological polar surface area (TPSA) is 66.9 Å². The van der Waals surface area contributed by atoms with Crippen molar-refractivity contribution in [2.24, 2.45) is 0 Å². The predicted molar refractivity (Wildman–Crippen MR) is 75.3 cm³/mol. The van der Waals surface area contributed by atoms with Crippen LogP contribution in [0.25, 0.3) is 0 Å². The van der Waals surface area contributed by atoms with Crippen LogP contribution in [0.2, 0.25) is 0 Å². The van der Waals surface area contributed by atoms with Crippen LogP contribution in [0.3, 0.4) is 0 Å². The van der Waals surface area contributed by atoms with Crippen LogP contribution in [0, 0.1) is 12.7 Å². The van der Waals surface area contributed by atoms with E-state index in [1.807, 2.05) is 19.9 Å². The van der Waals surface area contributed by atoms with Crippen LogP contribution in [-0.4, -0.2) is 22.4 Å². The molecule has 0 radical (unpaired) electrons. The minimum absolute atomic E-state index is 0.0675. The summed E-state index contributed by atoms with van der Waals surface area (Å²) in [6.45, 7) is 4.16. The summed E-state index contributed by atoms with van der Waals surface area (Å²) in [5.41, 5.74) is 0.739. The first kappa shape index (κ1) is 13.9. The van der Waals surface area contributed by atoms with Crippen LogP contribution in [-0.2, 0) is 0 Å². The Hall–Kier alpha value is -2.50. The maximum atomic E-state index is 14.1. The van der Waals surface area contributed by atoms with Gasteiger partial charge in [-0.1, -0.05) is 6.07 Å². The second kappa shape index (κ2) is 6.10. The van der Waals surface area contributed by atoms with E-state index in [4.69, 9.17) is 0 Å². The number of carbonyl (C=O) groups excluding carboxylic acids is 1. The molecule has 2 rings (SSSR count). The molecule has 0 atom stereocenters. The van der Waals surface area contributed by atoms with E-state index in [1.165, 1.54) is 12.3 Å². The molecule has 0 saturated carbocycles. The van der Waals surface area contributed by atoms with Crippen molar-refractivity contribution in [3.05, 3.63) is 47.5 Å². The molecule has 0 aromatic carbocycles. The normalized spacial score (nSPS) is 10.2. The third kappa shape index (κ3) is 2.90. The summed E-state index contributed by atoms with van der Waals surface area (Å²) >= 11 is 0. The highest BCUT2D eigenvalue weighted by Crippen LogP contribution is 2.17. The summed E-state index contributed by atoms with van der Waals surface area (Å²) in [5.74, 6) is -0.733. The van der Waals surface area contributed by atoms with Crippen LogP contribution < -0.4 is 10.6 Å². The third-order valence-corrected chi connectivity index (χ3v) is 2.72. The molecule has 1 amide bonds. The van der Waals surface area contributed by atoms with Crippen LogP contribution >= 0.6 is 0 Å². The van der Waals surface area contributed by atoms with Gasteiger partial charge in [0.1, 0.15) is 5.82 Å². The number of aryl methyl sites for hydroxylation is 1. The quantitative estimate of drug-likeness (QED) is 0.899. The summed E-state index contributed by atoms with van der Waals surface area (Å²) in [5, 5.41) is 5.36. The summed E-state index contributed by atoms with van der Waals surface area (Å²) in [6, 6.07) is 4.92. The number of pyridine rings is 2. The molecule has 2 aromatic heterocycles. The minimum Gasteiger partial charge on any atom is -0.368 e. The Morgan fingerprint density at radius 1 is 1.25 bits per heavy atom. The van der Waals surface area contributed by atoms with E-state index in [2.05, 4.69) is 20.6 Å². The lowest BCUT2D eigenvalue weighted by molar-refractivity contribution is 0.102. The molecule has 0 aliphatic carbocycles. The van der Waals surface area contributed by atoms with Gasteiger partial charge >= 0.3 is 0 Å². The number of nitrogens with one attached hydrogen (secondary N) is 2. The fourth-order valence-electron chi connectivity index (χ4n) is 1.70. The zero-order chi connectivity index (χ0) is 14.5. The van der Waals surface area contributed by atoms with Gasteiger partial charge < -0.3 is 10.6 Å². The highest BCUT2D eigenvalue weighted by molar-refractivity contribution is 6.04. The maximum Gasteiger partial charge on any atom is 0.259 e. The van der Waals surface area contributed by atoms with E-state index in [1.54, 1.807) is 12.3 Å². The summed E-state index contributed by atoms with van der Waals surface area (Å²) in [7, 11) is 0. The van der Waals surface area contributed by atoms with Gasteiger partial charge in [-0.05, 0) is 31.5 Å². The Bertz CT molecular complexity index is 630. The van der Waals surface area contributed by atoms with Crippen molar-refractivity contribution in [3.8, 4) is 0 Å². The molecule has 6 heteroatoms. The van der Waals surface area contributed by atoms with Crippen LogP contribution in [0.1, 0.15) is 22.8 Å². The number of amides is 1. The van der Waals surface area contributed by atoms with Crippen molar-refractivity contribution in [1.82, 2.24) is 9.97 Å². The molecule has 0 aliphatic rings. The molecule has 0 unspecified atom stereocenters. The Kier molecular flexibility index (Phi) is 4.24. The smallest absolute Gasteiger partial charge is 0.259 e. The fraction of sp³-hybridized carbons (Fsp3) is 0.214. The molecule has 0 saturated heterocycles. The van der Waals surface area contributed by atoms with Crippen LogP contribution in [0.15, 0.2) is 30.6 Å². The molecule has 0 aliphatic heterocycles.